The molecule has 1 aromatic carbocycles. The summed E-state index contributed by atoms with van der Waals surface area (Å²) >= 11 is 0. The largest absolute Gasteiger partial charge is 0.493 e. The predicted molar refractivity (Wildman–Crippen MR) is 98.1 cm³/mol. The van der Waals surface area contributed by atoms with Gasteiger partial charge in [-0.15, -0.1) is 0 Å². The van der Waals surface area contributed by atoms with Crippen LogP contribution in [-0.2, 0) is 6.42 Å². The number of ether oxygens (including phenoxy) is 1. The molecule has 24 heavy (non-hydrogen) atoms. The molecular weight excluding hydrogens is 298 g/mol. The lowest BCUT2D eigenvalue weighted by molar-refractivity contribution is 0.111. The number of nitrogens with zero attached hydrogens (tertiary/aromatic N) is 1. The summed E-state index contributed by atoms with van der Waals surface area (Å²) in [5, 5.41) is 0. The summed E-state index contributed by atoms with van der Waals surface area (Å²) in [5.41, 5.74) is 6.06. The lowest BCUT2D eigenvalue weighted by Gasteiger charge is -2.12. The highest BCUT2D eigenvalue weighted by Gasteiger charge is 2.16. The van der Waals surface area contributed by atoms with Gasteiger partial charge in [0.05, 0.1) is 12.3 Å². The molecule has 3 aromatic rings. The van der Waals surface area contributed by atoms with E-state index in [0.717, 1.165) is 47.1 Å². The maximum atomic E-state index is 11.8. The standard InChI is InChI=1S/C21H23NO2/c1-4-7-16-9-10-21(24-5-2)18(12-16)17-13-19-15(3)8-6-11-22(19)20(17)14-23/h6,8-14H,4-5,7H2,1-3H3. The summed E-state index contributed by atoms with van der Waals surface area (Å²) in [7, 11) is 0. The lowest BCUT2D eigenvalue weighted by atomic mass is 10.00. The summed E-state index contributed by atoms with van der Waals surface area (Å²) in [6.45, 7) is 6.81. The summed E-state index contributed by atoms with van der Waals surface area (Å²) in [5.74, 6) is 0.828. The zero-order chi connectivity index (χ0) is 17.1. The Morgan fingerprint density at radius 2 is 1.96 bits per heavy atom. The lowest BCUT2D eigenvalue weighted by Crippen LogP contribution is -1.98. The fourth-order valence-electron chi connectivity index (χ4n) is 3.21. The molecule has 0 bridgehead atoms. The zero-order valence-electron chi connectivity index (χ0n) is 14.5. The molecule has 3 nitrogen and oxygen atoms in total. The Morgan fingerprint density at radius 1 is 1.12 bits per heavy atom. The smallest absolute Gasteiger partial charge is 0.167 e. The molecule has 0 saturated carbocycles. The minimum absolute atomic E-state index is 0.600. The average molecular weight is 321 g/mol. The van der Waals surface area contributed by atoms with Crippen molar-refractivity contribution in [2.24, 2.45) is 0 Å². The third kappa shape index (κ3) is 2.82. The summed E-state index contributed by atoms with van der Waals surface area (Å²) < 4.78 is 7.78. The molecule has 3 heteroatoms. The molecule has 0 radical (unpaired) electrons. The second-order valence-corrected chi connectivity index (χ2v) is 6.02. The molecule has 2 aromatic heterocycles. The maximum absolute atomic E-state index is 11.8. The molecule has 0 fully saturated rings. The second-order valence-electron chi connectivity index (χ2n) is 6.02. The molecule has 0 unspecified atom stereocenters. The number of hydrogen-bond donors (Lipinski definition) is 0. The van der Waals surface area contributed by atoms with Crippen LogP contribution < -0.4 is 4.74 Å². The Labute approximate surface area is 142 Å². The van der Waals surface area contributed by atoms with Crippen LogP contribution in [0.3, 0.4) is 0 Å². The number of benzene rings is 1. The van der Waals surface area contributed by atoms with Gasteiger partial charge in [-0.25, -0.2) is 0 Å². The van der Waals surface area contributed by atoms with E-state index >= 15 is 0 Å². The van der Waals surface area contributed by atoms with Gasteiger partial charge in [0.25, 0.3) is 0 Å². The van der Waals surface area contributed by atoms with E-state index in [4.69, 9.17) is 4.74 Å². The zero-order valence-corrected chi connectivity index (χ0v) is 14.5. The van der Waals surface area contributed by atoms with Crippen LogP contribution in [-0.4, -0.2) is 17.3 Å². The molecule has 3 rings (SSSR count). The van der Waals surface area contributed by atoms with Crippen LogP contribution in [0.2, 0.25) is 0 Å². The monoisotopic (exact) mass is 321 g/mol. The van der Waals surface area contributed by atoms with Gasteiger partial charge in [-0.05, 0) is 55.7 Å². The molecule has 0 N–H and O–H groups in total. The van der Waals surface area contributed by atoms with Crippen LogP contribution in [0.15, 0.2) is 42.6 Å². The van der Waals surface area contributed by atoms with Crippen molar-refractivity contribution in [3.63, 3.8) is 0 Å². The normalized spacial score (nSPS) is 11.0. The van der Waals surface area contributed by atoms with E-state index in [1.54, 1.807) is 0 Å². The van der Waals surface area contributed by atoms with Crippen molar-refractivity contribution >= 4 is 11.8 Å². The van der Waals surface area contributed by atoms with Crippen LogP contribution in [0, 0.1) is 6.92 Å². The number of fused-ring (bicyclic) bond motifs is 1. The van der Waals surface area contributed by atoms with Gasteiger partial charge < -0.3 is 9.14 Å². The van der Waals surface area contributed by atoms with Crippen molar-refractivity contribution in [1.29, 1.82) is 0 Å². The van der Waals surface area contributed by atoms with Gasteiger partial charge >= 0.3 is 0 Å². The number of carbonyl (C=O) groups is 1. The Morgan fingerprint density at radius 3 is 2.67 bits per heavy atom. The molecular formula is C21H23NO2. The first kappa shape index (κ1) is 16.3. The maximum Gasteiger partial charge on any atom is 0.167 e. The molecule has 0 atom stereocenters. The summed E-state index contributed by atoms with van der Waals surface area (Å²) in [6, 6.07) is 12.4. The van der Waals surface area contributed by atoms with E-state index in [9.17, 15) is 4.79 Å². The Balaban J connectivity index is 2.27. The fourth-order valence-corrected chi connectivity index (χ4v) is 3.21. The number of pyridine rings is 1. The van der Waals surface area contributed by atoms with Crippen LogP contribution >= 0.6 is 0 Å². The van der Waals surface area contributed by atoms with Gasteiger partial charge in [-0.2, -0.15) is 0 Å². The van der Waals surface area contributed by atoms with Gasteiger partial charge in [-0.1, -0.05) is 25.5 Å². The van der Waals surface area contributed by atoms with Crippen molar-refractivity contribution in [3.8, 4) is 16.9 Å². The van der Waals surface area contributed by atoms with Crippen molar-refractivity contribution < 1.29 is 9.53 Å². The van der Waals surface area contributed by atoms with Crippen molar-refractivity contribution in [3.05, 3.63) is 59.4 Å². The molecule has 0 spiro atoms. The third-order valence-electron chi connectivity index (χ3n) is 4.35. The number of hydrogen-bond acceptors (Lipinski definition) is 2. The van der Waals surface area contributed by atoms with Crippen LogP contribution in [0.25, 0.3) is 16.6 Å². The highest BCUT2D eigenvalue weighted by atomic mass is 16.5. The number of carbonyl (C=O) groups excluding carboxylic acids is 1. The van der Waals surface area contributed by atoms with Crippen molar-refractivity contribution in [2.75, 3.05) is 6.61 Å². The van der Waals surface area contributed by atoms with Crippen molar-refractivity contribution in [2.45, 2.75) is 33.6 Å². The van der Waals surface area contributed by atoms with Gasteiger partial charge in [0, 0.05) is 22.8 Å². The highest BCUT2D eigenvalue weighted by molar-refractivity contribution is 5.92. The minimum Gasteiger partial charge on any atom is -0.493 e. The second kappa shape index (κ2) is 6.91. The van der Waals surface area contributed by atoms with E-state index in [1.807, 2.05) is 29.7 Å². The van der Waals surface area contributed by atoms with E-state index in [1.165, 1.54) is 5.56 Å². The van der Waals surface area contributed by atoms with Crippen LogP contribution in [0.1, 0.15) is 41.9 Å². The average Bonchev–Trinajstić information content (AvgIpc) is 2.96. The third-order valence-corrected chi connectivity index (χ3v) is 4.35. The first-order chi connectivity index (χ1) is 11.7. The number of aromatic nitrogens is 1. The fraction of sp³-hybridized carbons (Fsp3) is 0.286. The number of aryl methyl sites for hydroxylation is 2. The molecule has 0 aliphatic carbocycles. The molecule has 0 aliphatic rings. The first-order valence-corrected chi connectivity index (χ1v) is 8.51. The van der Waals surface area contributed by atoms with Gasteiger partial charge in [-0.3, -0.25) is 4.79 Å². The first-order valence-electron chi connectivity index (χ1n) is 8.51. The van der Waals surface area contributed by atoms with E-state index < -0.39 is 0 Å². The van der Waals surface area contributed by atoms with E-state index in [0.29, 0.717) is 12.3 Å². The SMILES string of the molecule is CCCc1ccc(OCC)c(-c2cc3c(C)cccn3c2C=O)c1. The molecule has 0 aliphatic heterocycles. The van der Waals surface area contributed by atoms with Crippen molar-refractivity contribution in [1.82, 2.24) is 4.40 Å². The topological polar surface area (TPSA) is 30.7 Å². The predicted octanol–water partition coefficient (Wildman–Crippen LogP) is 5.08. The van der Waals surface area contributed by atoms with Crippen LogP contribution in [0.5, 0.6) is 5.75 Å². The summed E-state index contributed by atoms with van der Waals surface area (Å²) in [6.07, 6.45) is 4.98. The van der Waals surface area contributed by atoms with Crippen LogP contribution in [0.4, 0.5) is 0 Å². The molecule has 0 amide bonds. The molecule has 0 saturated heterocycles. The van der Waals surface area contributed by atoms with Gasteiger partial charge in [0.1, 0.15) is 5.75 Å². The minimum atomic E-state index is 0.600. The molecule has 124 valence electrons. The highest BCUT2D eigenvalue weighted by Crippen LogP contribution is 2.36. The van der Waals surface area contributed by atoms with Gasteiger partial charge in [0.15, 0.2) is 6.29 Å². The van der Waals surface area contributed by atoms with E-state index in [2.05, 4.69) is 38.1 Å². The van der Waals surface area contributed by atoms with Gasteiger partial charge in [0.2, 0.25) is 0 Å². The quantitative estimate of drug-likeness (QED) is 0.593. The van der Waals surface area contributed by atoms with E-state index in [-0.39, 0.29) is 0 Å². The number of aldehydes is 1. The Kier molecular flexibility index (Phi) is 4.70. The number of rotatable bonds is 6. The summed E-state index contributed by atoms with van der Waals surface area (Å²) in [4.78, 5) is 11.8. The Hall–Kier alpha value is -2.55. The Bertz CT molecular complexity index is 877. The molecule has 2 heterocycles.